The Bertz CT molecular complexity index is 253. The van der Waals surface area contributed by atoms with E-state index in [1.807, 2.05) is 4.70 Å². The van der Waals surface area contributed by atoms with Gasteiger partial charge in [-0.05, 0) is 12.8 Å². The van der Waals surface area contributed by atoms with Crippen LogP contribution in [0.2, 0.25) is 0 Å². The number of nitrogens with zero attached hydrogens (tertiary/aromatic N) is 2. The summed E-state index contributed by atoms with van der Waals surface area (Å²) in [6, 6.07) is 0.317. The quantitative estimate of drug-likeness (QED) is 0.511. The molecule has 0 radical (unpaired) electrons. The largest absolute Gasteiger partial charge is 0.319 e. The first-order chi connectivity index (χ1) is 6.07. The van der Waals surface area contributed by atoms with Crippen LogP contribution in [0, 0.1) is 17.2 Å². The summed E-state index contributed by atoms with van der Waals surface area (Å²) in [7, 11) is 0. The second-order valence-corrected chi connectivity index (χ2v) is 3.88. The summed E-state index contributed by atoms with van der Waals surface area (Å²) in [5.41, 5.74) is 0. The normalized spacial score (nSPS) is 24.8. The third kappa shape index (κ3) is 1.85. The summed E-state index contributed by atoms with van der Waals surface area (Å²) in [5, 5.41) is 12.2. The Morgan fingerprint density at radius 2 is 2.23 bits per heavy atom. The highest BCUT2D eigenvalue weighted by Gasteiger charge is 2.34. The number of rotatable bonds is 3. The van der Waals surface area contributed by atoms with Gasteiger partial charge in [0, 0.05) is 0 Å². The molecule has 72 valence electrons. The van der Waals surface area contributed by atoms with E-state index < -0.39 is 0 Å². The van der Waals surface area contributed by atoms with E-state index >= 15 is 0 Å². The molecular weight excluding hydrogens is 162 g/mol. The van der Waals surface area contributed by atoms with Gasteiger partial charge in [0.25, 0.3) is 0 Å². The smallest absolute Gasteiger partial charge is 0.136 e. The monoisotopic (exact) mass is 180 g/mol. The van der Waals surface area contributed by atoms with Crippen LogP contribution in [0.3, 0.4) is 0 Å². The van der Waals surface area contributed by atoms with E-state index in [1.54, 1.807) is 6.08 Å². The molecule has 1 N–H and O–H groups in total. The van der Waals surface area contributed by atoms with Crippen molar-refractivity contribution in [3.8, 4) is 0 Å². The number of amidine groups is 1. The van der Waals surface area contributed by atoms with Crippen LogP contribution in [0.1, 0.15) is 20.8 Å². The van der Waals surface area contributed by atoms with E-state index in [0.29, 0.717) is 24.3 Å². The summed E-state index contributed by atoms with van der Waals surface area (Å²) in [5.74, 6) is 1.24. The van der Waals surface area contributed by atoms with Crippen LogP contribution in [0.25, 0.3) is 0 Å². The van der Waals surface area contributed by atoms with Crippen LogP contribution in [-0.4, -0.2) is 23.1 Å². The fourth-order valence-electron chi connectivity index (χ4n) is 1.33. The summed E-state index contributed by atoms with van der Waals surface area (Å²) in [6.07, 6.45) is 1.80. The molecule has 0 saturated carbocycles. The molecule has 0 spiro atoms. The third-order valence-electron chi connectivity index (χ3n) is 2.66. The van der Waals surface area contributed by atoms with Crippen LogP contribution in [0.4, 0.5) is 0 Å². The van der Waals surface area contributed by atoms with Crippen molar-refractivity contribution in [2.75, 3.05) is 6.54 Å². The minimum atomic E-state index is 0.126. The maximum atomic E-state index is 7.85. The lowest BCUT2D eigenvalue weighted by atomic mass is 10.0. The van der Waals surface area contributed by atoms with Gasteiger partial charge < -0.3 is 0 Å². The molecule has 1 rings (SSSR count). The van der Waals surface area contributed by atoms with Gasteiger partial charge >= 0.3 is 5.84 Å². The minimum absolute atomic E-state index is 0.126. The van der Waals surface area contributed by atoms with Gasteiger partial charge in [-0.3, -0.25) is 0 Å². The zero-order valence-corrected chi connectivity index (χ0v) is 8.62. The van der Waals surface area contributed by atoms with Crippen molar-refractivity contribution in [3.63, 3.8) is 0 Å². The average molecular weight is 180 g/mol. The highest BCUT2D eigenvalue weighted by Crippen LogP contribution is 2.16. The topological polar surface area (TPSA) is 39.2 Å². The molecule has 0 aromatic rings. The van der Waals surface area contributed by atoms with Gasteiger partial charge in [0.15, 0.2) is 0 Å². The standard InChI is InChI=1S/C10H18N3/c1-5-9-6-12-13(10(9)11)8(4)7(2)3/h5,7-9,11H,1,6H2,2-4H3/q+1. The maximum Gasteiger partial charge on any atom is 0.319 e. The molecule has 0 saturated heterocycles. The molecule has 1 aliphatic rings. The summed E-state index contributed by atoms with van der Waals surface area (Å²) >= 11 is 0. The predicted molar refractivity (Wildman–Crippen MR) is 53.3 cm³/mol. The van der Waals surface area contributed by atoms with Crippen molar-refractivity contribution in [1.82, 2.24) is 0 Å². The summed E-state index contributed by atoms with van der Waals surface area (Å²) < 4.78 is 1.83. The molecule has 0 aliphatic carbocycles. The molecule has 3 nitrogen and oxygen atoms in total. The van der Waals surface area contributed by atoms with Gasteiger partial charge in [-0.2, -0.15) is 0 Å². The lowest BCUT2D eigenvalue weighted by Gasteiger charge is -2.12. The first-order valence-electron chi connectivity index (χ1n) is 4.75. The Morgan fingerprint density at radius 3 is 2.62 bits per heavy atom. The fourth-order valence-corrected chi connectivity index (χ4v) is 1.33. The van der Waals surface area contributed by atoms with E-state index in [-0.39, 0.29) is 5.92 Å². The molecule has 1 heterocycles. The maximum absolute atomic E-state index is 7.85. The lowest BCUT2D eigenvalue weighted by Crippen LogP contribution is -2.31. The molecular formula is C10H18N3+. The van der Waals surface area contributed by atoms with Gasteiger partial charge in [0.1, 0.15) is 12.0 Å². The van der Waals surface area contributed by atoms with E-state index in [4.69, 9.17) is 5.41 Å². The van der Waals surface area contributed by atoms with Crippen LogP contribution in [0.5, 0.6) is 0 Å². The van der Waals surface area contributed by atoms with Gasteiger partial charge in [-0.1, -0.05) is 19.9 Å². The Hall–Kier alpha value is -0.990. The Balaban J connectivity index is 2.74. The highest BCUT2D eigenvalue weighted by atomic mass is 15.3. The zero-order valence-electron chi connectivity index (χ0n) is 8.62. The van der Waals surface area contributed by atoms with E-state index in [0.717, 1.165) is 0 Å². The number of hydrogen-bond donors (Lipinski definition) is 1. The first-order valence-corrected chi connectivity index (χ1v) is 4.75. The second kappa shape index (κ2) is 3.81. The van der Waals surface area contributed by atoms with Crippen molar-refractivity contribution in [3.05, 3.63) is 12.7 Å². The Labute approximate surface area is 79.7 Å². The highest BCUT2D eigenvalue weighted by molar-refractivity contribution is 5.76. The van der Waals surface area contributed by atoms with Gasteiger partial charge in [0.05, 0.1) is 6.54 Å². The lowest BCUT2D eigenvalue weighted by molar-refractivity contribution is -0.523. The third-order valence-corrected chi connectivity index (χ3v) is 2.66. The van der Waals surface area contributed by atoms with Crippen LogP contribution in [-0.2, 0) is 0 Å². The number of nitrogens with one attached hydrogen (secondary N) is 1. The van der Waals surface area contributed by atoms with Gasteiger partial charge in [-0.15, -0.1) is 21.8 Å². The Kier molecular flexibility index (Phi) is 2.96. The minimum Gasteiger partial charge on any atom is -0.136 e. The number of hydrogen-bond acceptors (Lipinski definition) is 2. The van der Waals surface area contributed by atoms with Crippen LogP contribution < -0.4 is 0 Å². The molecule has 3 heteroatoms. The Morgan fingerprint density at radius 1 is 1.62 bits per heavy atom. The SMILES string of the molecule is C=CC1CN=[N+](C(C)C(C)C)C1=N. The fraction of sp³-hybridized carbons (Fsp3) is 0.700. The predicted octanol–water partition coefficient (Wildman–Crippen LogP) is 2.29. The zero-order chi connectivity index (χ0) is 10.0. The van der Waals surface area contributed by atoms with Gasteiger partial charge in [0.2, 0.25) is 0 Å². The van der Waals surface area contributed by atoms with Crippen molar-refractivity contribution < 1.29 is 4.70 Å². The molecule has 2 atom stereocenters. The molecule has 1 aliphatic heterocycles. The van der Waals surface area contributed by atoms with E-state index in [9.17, 15) is 0 Å². The van der Waals surface area contributed by atoms with Crippen molar-refractivity contribution in [2.24, 2.45) is 17.0 Å². The van der Waals surface area contributed by atoms with Crippen molar-refractivity contribution in [1.29, 1.82) is 5.41 Å². The molecule has 0 aromatic carbocycles. The van der Waals surface area contributed by atoms with E-state index in [1.165, 1.54) is 0 Å². The molecule has 0 amide bonds. The van der Waals surface area contributed by atoms with Crippen LogP contribution >= 0.6 is 0 Å². The van der Waals surface area contributed by atoms with Crippen LogP contribution in [0.15, 0.2) is 17.8 Å². The van der Waals surface area contributed by atoms with Crippen molar-refractivity contribution >= 4 is 5.84 Å². The van der Waals surface area contributed by atoms with E-state index in [2.05, 4.69) is 32.5 Å². The molecule has 0 aromatic heterocycles. The number of azo groups is 2. The average Bonchev–Trinajstić information content (AvgIpc) is 2.45. The molecule has 0 bridgehead atoms. The molecule has 0 fully saturated rings. The van der Waals surface area contributed by atoms with Gasteiger partial charge in [-0.25, -0.2) is 0 Å². The summed E-state index contributed by atoms with van der Waals surface area (Å²) in [6.45, 7) is 10.8. The second-order valence-electron chi connectivity index (χ2n) is 3.88. The summed E-state index contributed by atoms with van der Waals surface area (Å²) in [4.78, 5) is 0. The van der Waals surface area contributed by atoms with Crippen molar-refractivity contribution in [2.45, 2.75) is 26.8 Å². The molecule has 13 heavy (non-hydrogen) atoms. The molecule has 2 unspecified atom stereocenters. The first kappa shape index (κ1) is 10.1.